The molecule has 1 aliphatic heterocycles. The summed E-state index contributed by atoms with van der Waals surface area (Å²) in [7, 11) is 0. The van der Waals surface area contributed by atoms with Crippen molar-refractivity contribution in [3.05, 3.63) is 29.8 Å². The summed E-state index contributed by atoms with van der Waals surface area (Å²) in [5.41, 5.74) is 1.66. The molecule has 0 unspecified atom stereocenters. The summed E-state index contributed by atoms with van der Waals surface area (Å²) in [5, 5.41) is 2.73. The maximum Gasteiger partial charge on any atom is 0.412 e. The van der Waals surface area contributed by atoms with E-state index in [0.717, 1.165) is 5.69 Å². The third-order valence-electron chi connectivity index (χ3n) is 2.67. The first-order chi connectivity index (χ1) is 8.44. The van der Waals surface area contributed by atoms with Crippen LogP contribution in [0.4, 0.5) is 10.5 Å². The van der Waals surface area contributed by atoms with E-state index in [2.05, 4.69) is 17.4 Å². The highest BCUT2D eigenvalue weighted by atomic mass is 32.2. The van der Waals surface area contributed by atoms with Crippen molar-refractivity contribution in [3.63, 3.8) is 0 Å². The molecule has 1 saturated heterocycles. The molecule has 0 bridgehead atoms. The predicted molar refractivity (Wildman–Crippen MR) is 76.4 cm³/mol. The number of thioether (sulfide) groups is 1. The molecule has 1 amide bonds. The van der Waals surface area contributed by atoms with E-state index in [4.69, 9.17) is 4.74 Å². The van der Waals surface area contributed by atoms with Crippen LogP contribution in [0, 0.1) is 0 Å². The lowest BCUT2D eigenvalue weighted by Gasteiger charge is -2.25. The van der Waals surface area contributed by atoms with E-state index in [0.29, 0.717) is 5.92 Å². The SMILES string of the molecule is CC(C)(C)OC(=O)Nc1ccc(C2CSC2)cc1. The van der Waals surface area contributed by atoms with Crippen molar-refractivity contribution in [2.45, 2.75) is 32.3 Å². The summed E-state index contributed by atoms with van der Waals surface area (Å²) in [6.45, 7) is 5.55. The van der Waals surface area contributed by atoms with Gasteiger partial charge in [0.15, 0.2) is 0 Å². The molecule has 98 valence electrons. The van der Waals surface area contributed by atoms with Crippen LogP contribution in [-0.4, -0.2) is 23.2 Å². The molecule has 0 spiro atoms. The lowest BCUT2D eigenvalue weighted by Crippen LogP contribution is -2.27. The Morgan fingerprint density at radius 1 is 1.28 bits per heavy atom. The molecular weight excluding hydrogens is 246 g/mol. The van der Waals surface area contributed by atoms with E-state index in [-0.39, 0.29) is 0 Å². The number of nitrogens with one attached hydrogen (secondary N) is 1. The zero-order valence-electron chi connectivity index (χ0n) is 11.0. The second-order valence-corrected chi connectivity index (χ2v) is 6.56. The number of hydrogen-bond donors (Lipinski definition) is 1. The van der Waals surface area contributed by atoms with Crippen molar-refractivity contribution < 1.29 is 9.53 Å². The highest BCUT2D eigenvalue weighted by Gasteiger charge is 2.20. The molecule has 0 atom stereocenters. The van der Waals surface area contributed by atoms with Crippen molar-refractivity contribution in [1.82, 2.24) is 0 Å². The molecule has 1 N–H and O–H groups in total. The summed E-state index contributed by atoms with van der Waals surface area (Å²) in [4.78, 5) is 11.6. The van der Waals surface area contributed by atoms with E-state index >= 15 is 0 Å². The Morgan fingerprint density at radius 2 is 1.89 bits per heavy atom. The molecule has 1 aromatic carbocycles. The summed E-state index contributed by atoms with van der Waals surface area (Å²) >= 11 is 1.97. The standard InChI is InChI=1S/C14H19NO2S/c1-14(2,3)17-13(16)15-12-6-4-10(5-7-12)11-8-18-9-11/h4-7,11H,8-9H2,1-3H3,(H,15,16). The number of hydrogen-bond acceptors (Lipinski definition) is 3. The molecule has 18 heavy (non-hydrogen) atoms. The molecular formula is C14H19NO2S. The van der Waals surface area contributed by atoms with Crippen LogP contribution < -0.4 is 5.32 Å². The lowest BCUT2D eigenvalue weighted by molar-refractivity contribution is 0.0636. The number of ether oxygens (including phenoxy) is 1. The normalized spacial score (nSPS) is 15.9. The maximum atomic E-state index is 11.6. The van der Waals surface area contributed by atoms with E-state index in [1.807, 2.05) is 44.7 Å². The van der Waals surface area contributed by atoms with Gasteiger partial charge in [-0.2, -0.15) is 11.8 Å². The first-order valence-electron chi connectivity index (χ1n) is 6.12. The molecule has 0 radical (unpaired) electrons. The zero-order chi connectivity index (χ0) is 13.2. The second-order valence-electron chi connectivity index (χ2n) is 5.48. The van der Waals surface area contributed by atoms with Gasteiger partial charge in [0.25, 0.3) is 0 Å². The molecule has 1 aliphatic rings. The molecule has 0 saturated carbocycles. The molecule has 4 heteroatoms. The Bertz CT molecular complexity index is 418. The van der Waals surface area contributed by atoms with Gasteiger partial charge in [-0.05, 0) is 38.5 Å². The van der Waals surface area contributed by atoms with Gasteiger partial charge in [0, 0.05) is 23.1 Å². The largest absolute Gasteiger partial charge is 0.444 e. The number of rotatable bonds is 2. The highest BCUT2D eigenvalue weighted by Crippen LogP contribution is 2.34. The molecule has 3 nitrogen and oxygen atoms in total. The maximum absolute atomic E-state index is 11.6. The van der Waals surface area contributed by atoms with Gasteiger partial charge < -0.3 is 4.74 Å². The Kier molecular flexibility index (Phi) is 3.85. The van der Waals surface area contributed by atoms with Crippen LogP contribution in [0.25, 0.3) is 0 Å². The average Bonchev–Trinajstić information content (AvgIpc) is 2.15. The number of anilines is 1. The first kappa shape index (κ1) is 13.3. The summed E-state index contributed by atoms with van der Waals surface area (Å²) in [6.07, 6.45) is -0.408. The minimum Gasteiger partial charge on any atom is -0.444 e. The fourth-order valence-electron chi connectivity index (χ4n) is 1.69. The van der Waals surface area contributed by atoms with E-state index in [9.17, 15) is 4.79 Å². The number of carbonyl (C=O) groups excluding carboxylic acids is 1. The average molecular weight is 265 g/mol. The Morgan fingerprint density at radius 3 is 2.33 bits per heavy atom. The molecule has 0 aliphatic carbocycles. The molecule has 1 heterocycles. The van der Waals surface area contributed by atoms with E-state index < -0.39 is 11.7 Å². The molecule has 2 rings (SSSR count). The van der Waals surface area contributed by atoms with Gasteiger partial charge in [0.2, 0.25) is 0 Å². The summed E-state index contributed by atoms with van der Waals surface area (Å²) in [6, 6.07) is 8.03. The zero-order valence-corrected chi connectivity index (χ0v) is 11.8. The van der Waals surface area contributed by atoms with Crippen molar-refractivity contribution in [1.29, 1.82) is 0 Å². The van der Waals surface area contributed by atoms with Gasteiger partial charge in [0.1, 0.15) is 5.60 Å². The fraction of sp³-hybridized carbons (Fsp3) is 0.500. The van der Waals surface area contributed by atoms with Gasteiger partial charge in [-0.1, -0.05) is 12.1 Å². The van der Waals surface area contributed by atoms with Crippen LogP contribution in [0.5, 0.6) is 0 Å². The van der Waals surface area contributed by atoms with E-state index in [1.165, 1.54) is 17.1 Å². The second kappa shape index (κ2) is 5.22. The minimum atomic E-state index is -0.465. The molecule has 1 aromatic rings. The van der Waals surface area contributed by atoms with Crippen LogP contribution in [0.15, 0.2) is 24.3 Å². The van der Waals surface area contributed by atoms with Crippen molar-refractivity contribution in [2.75, 3.05) is 16.8 Å². The van der Waals surface area contributed by atoms with Gasteiger partial charge in [-0.3, -0.25) is 5.32 Å². The minimum absolute atomic E-state index is 0.408. The van der Waals surface area contributed by atoms with Crippen LogP contribution in [0.1, 0.15) is 32.3 Å². The quantitative estimate of drug-likeness (QED) is 0.882. The molecule has 1 fully saturated rings. The van der Waals surface area contributed by atoms with Crippen LogP contribution in [-0.2, 0) is 4.74 Å². The Balaban J connectivity index is 1.91. The summed E-state index contributed by atoms with van der Waals surface area (Å²) in [5.74, 6) is 3.10. The monoisotopic (exact) mass is 265 g/mol. The summed E-state index contributed by atoms with van der Waals surface area (Å²) < 4.78 is 5.20. The van der Waals surface area contributed by atoms with Crippen molar-refractivity contribution in [3.8, 4) is 0 Å². The van der Waals surface area contributed by atoms with E-state index in [1.54, 1.807) is 0 Å². The Labute approximate surface area is 112 Å². The van der Waals surface area contributed by atoms with Crippen LogP contribution >= 0.6 is 11.8 Å². The van der Waals surface area contributed by atoms with Gasteiger partial charge in [0.05, 0.1) is 0 Å². The third kappa shape index (κ3) is 3.67. The Hall–Kier alpha value is -1.16. The lowest BCUT2D eigenvalue weighted by atomic mass is 10.0. The molecule has 0 aromatic heterocycles. The predicted octanol–water partition coefficient (Wildman–Crippen LogP) is 3.86. The third-order valence-corrected chi connectivity index (χ3v) is 3.94. The number of amides is 1. The smallest absolute Gasteiger partial charge is 0.412 e. The first-order valence-corrected chi connectivity index (χ1v) is 7.27. The van der Waals surface area contributed by atoms with Gasteiger partial charge >= 0.3 is 6.09 Å². The van der Waals surface area contributed by atoms with Crippen LogP contribution in [0.2, 0.25) is 0 Å². The van der Waals surface area contributed by atoms with Crippen molar-refractivity contribution >= 4 is 23.5 Å². The fourth-order valence-corrected chi connectivity index (χ4v) is 2.54. The van der Waals surface area contributed by atoms with Gasteiger partial charge in [-0.15, -0.1) is 0 Å². The van der Waals surface area contributed by atoms with Gasteiger partial charge in [-0.25, -0.2) is 4.79 Å². The topological polar surface area (TPSA) is 38.3 Å². The van der Waals surface area contributed by atoms with Crippen molar-refractivity contribution in [2.24, 2.45) is 0 Å². The van der Waals surface area contributed by atoms with Crippen LogP contribution in [0.3, 0.4) is 0 Å². The number of benzene rings is 1. The number of carbonyl (C=O) groups is 1. The highest BCUT2D eigenvalue weighted by molar-refractivity contribution is 8.00.